The molecule has 1 atom stereocenters. The van der Waals surface area contributed by atoms with Crippen molar-refractivity contribution in [1.82, 2.24) is 14.5 Å². The summed E-state index contributed by atoms with van der Waals surface area (Å²) in [5.74, 6) is -0.957. The van der Waals surface area contributed by atoms with Crippen LogP contribution in [0.5, 0.6) is 0 Å². The van der Waals surface area contributed by atoms with Crippen LogP contribution in [0.25, 0.3) is 11.3 Å². The number of fused-ring (bicyclic) bond motifs is 1. The van der Waals surface area contributed by atoms with Gasteiger partial charge in [0.2, 0.25) is 5.91 Å². The number of nitrogens with zero attached hydrogens (tertiary/aromatic N) is 3. The van der Waals surface area contributed by atoms with Gasteiger partial charge in [0.1, 0.15) is 35.0 Å². The SMILES string of the molecule is NC(CC(=O)N1CCn2c(nc(-c3ccc(F)cc3)c2Nc2ccc(Cl)c(F)c2)C1)C(F)(F)F. The molecule has 1 aliphatic heterocycles. The summed E-state index contributed by atoms with van der Waals surface area (Å²) in [5.41, 5.74) is 6.44. The van der Waals surface area contributed by atoms with E-state index < -0.39 is 36.2 Å². The number of amides is 1. The fraction of sp³-hybridized carbons (Fsp3) is 0.273. The molecule has 1 unspecified atom stereocenters. The van der Waals surface area contributed by atoms with Crippen LogP contribution in [-0.2, 0) is 17.9 Å². The lowest BCUT2D eigenvalue weighted by Crippen LogP contribution is -2.45. The van der Waals surface area contributed by atoms with E-state index in [0.29, 0.717) is 28.6 Å². The predicted octanol–water partition coefficient (Wildman–Crippen LogP) is 4.85. The summed E-state index contributed by atoms with van der Waals surface area (Å²) < 4.78 is 67.5. The van der Waals surface area contributed by atoms with E-state index in [9.17, 15) is 26.7 Å². The topological polar surface area (TPSA) is 76.2 Å². The van der Waals surface area contributed by atoms with Crippen LogP contribution in [0.4, 0.5) is 33.5 Å². The maximum Gasteiger partial charge on any atom is 0.404 e. The zero-order valence-corrected chi connectivity index (χ0v) is 18.3. The average Bonchev–Trinajstić information content (AvgIpc) is 3.13. The molecule has 0 radical (unpaired) electrons. The van der Waals surface area contributed by atoms with Crippen LogP contribution in [0.15, 0.2) is 42.5 Å². The number of imidazole rings is 1. The van der Waals surface area contributed by atoms with Crippen molar-refractivity contribution in [3.8, 4) is 11.3 Å². The molecule has 34 heavy (non-hydrogen) atoms. The van der Waals surface area contributed by atoms with E-state index in [1.165, 1.54) is 41.3 Å². The van der Waals surface area contributed by atoms with Crippen molar-refractivity contribution in [2.45, 2.75) is 31.7 Å². The van der Waals surface area contributed by atoms with Crippen LogP contribution in [0.2, 0.25) is 5.02 Å². The fourth-order valence-corrected chi connectivity index (χ4v) is 3.74. The first-order chi connectivity index (χ1) is 16.0. The van der Waals surface area contributed by atoms with E-state index >= 15 is 0 Å². The van der Waals surface area contributed by atoms with E-state index in [4.69, 9.17) is 17.3 Å². The Balaban J connectivity index is 1.66. The van der Waals surface area contributed by atoms with Crippen molar-refractivity contribution in [2.75, 3.05) is 11.9 Å². The Morgan fingerprint density at radius 3 is 2.50 bits per heavy atom. The Morgan fingerprint density at radius 1 is 1.15 bits per heavy atom. The molecule has 0 spiro atoms. The van der Waals surface area contributed by atoms with Gasteiger partial charge in [0, 0.05) is 24.3 Å². The van der Waals surface area contributed by atoms with Gasteiger partial charge in [-0.25, -0.2) is 13.8 Å². The van der Waals surface area contributed by atoms with Crippen molar-refractivity contribution in [3.05, 3.63) is 64.9 Å². The summed E-state index contributed by atoms with van der Waals surface area (Å²) >= 11 is 5.76. The molecule has 3 aromatic rings. The second kappa shape index (κ2) is 9.22. The second-order valence-corrected chi connectivity index (χ2v) is 8.21. The third-order valence-electron chi connectivity index (χ3n) is 5.44. The van der Waals surface area contributed by atoms with E-state index in [0.717, 1.165) is 0 Å². The number of nitrogens with two attached hydrogens (primary N) is 1. The van der Waals surface area contributed by atoms with E-state index in [2.05, 4.69) is 10.3 Å². The molecule has 1 aromatic heterocycles. The number of hydrogen-bond donors (Lipinski definition) is 2. The number of alkyl halides is 3. The lowest BCUT2D eigenvalue weighted by atomic mass is 10.1. The number of halogens is 6. The van der Waals surface area contributed by atoms with Crippen LogP contribution in [-0.4, -0.2) is 39.1 Å². The lowest BCUT2D eigenvalue weighted by Gasteiger charge is -2.29. The second-order valence-electron chi connectivity index (χ2n) is 7.81. The maximum absolute atomic E-state index is 14.0. The average molecular weight is 500 g/mol. The maximum atomic E-state index is 14.0. The van der Waals surface area contributed by atoms with Gasteiger partial charge in [-0.05, 0) is 42.5 Å². The van der Waals surface area contributed by atoms with Gasteiger partial charge in [0.25, 0.3) is 0 Å². The first-order valence-electron chi connectivity index (χ1n) is 10.2. The molecule has 0 saturated carbocycles. The highest BCUT2D eigenvalue weighted by Crippen LogP contribution is 2.34. The van der Waals surface area contributed by atoms with Crippen molar-refractivity contribution >= 4 is 29.0 Å². The number of rotatable bonds is 5. The molecule has 0 aliphatic carbocycles. The van der Waals surface area contributed by atoms with Crippen LogP contribution < -0.4 is 11.1 Å². The summed E-state index contributed by atoms with van der Waals surface area (Å²) in [6.45, 7) is 0.294. The fourth-order valence-electron chi connectivity index (χ4n) is 3.62. The number of benzene rings is 2. The smallest absolute Gasteiger partial charge is 0.340 e. The molecule has 0 fully saturated rings. The Bertz CT molecular complexity index is 1210. The molecule has 1 amide bonds. The molecule has 12 heteroatoms. The number of carbonyl (C=O) groups is 1. The van der Waals surface area contributed by atoms with Gasteiger partial charge in [0.05, 0.1) is 18.0 Å². The monoisotopic (exact) mass is 499 g/mol. The lowest BCUT2D eigenvalue weighted by molar-refractivity contribution is -0.158. The van der Waals surface area contributed by atoms with Gasteiger partial charge >= 0.3 is 6.18 Å². The van der Waals surface area contributed by atoms with Crippen molar-refractivity contribution < 1.29 is 26.7 Å². The van der Waals surface area contributed by atoms with Crippen LogP contribution in [0.1, 0.15) is 12.2 Å². The number of carbonyl (C=O) groups excluding carboxylic acids is 1. The quantitative estimate of drug-likeness (QED) is 0.492. The largest absolute Gasteiger partial charge is 0.404 e. The molecular formula is C22H19ClF5N5O. The molecule has 6 nitrogen and oxygen atoms in total. The molecule has 3 N–H and O–H groups in total. The van der Waals surface area contributed by atoms with E-state index in [1.54, 1.807) is 10.6 Å². The Morgan fingerprint density at radius 2 is 1.85 bits per heavy atom. The molecule has 0 saturated heterocycles. The summed E-state index contributed by atoms with van der Waals surface area (Å²) in [4.78, 5) is 18.2. The summed E-state index contributed by atoms with van der Waals surface area (Å²) in [5, 5.41) is 3.04. The first kappa shape index (κ1) is 24.0. The molecule has 2 aromatic carbocycles. The minimum atomic E-state index is -4.68. The molecule has 1 aliphatic rings. The normalized spacial score (nSPS) is 14.6. The van der Waals surface area contributed by atoms with Crippen molar-refractivity contribution in [3.63, 3.8) is 0 Å². The van der Waals surface area contributed by atoms with Crippen molar-refractivity contribution in [1.29, 1.82) is 0 Å². The zero-order valence-electron chi connectivity index (χ0n) is 17.5. The molecular weight excluding hydrogens is 481 g/mol. The number of anilines is 2. The van der Waals surface area contributed by atoms with Gasteiger partial charge in [-0.3, -0.25) is 4.79 Å². The molecule has 4 rings (SSSR count). The Labute approximate surface area is 196 Å². The summed E-state index contributed by atoms with van der Waals surface area (Å²) in [6.07, 6.45) is -5.55. The van der Waals surface area contributed by atoms with Gasteiger partial charge in [-0.2, -0.15) is 13.2 Å². The Kier molecular flexibility index (Phi) is 6.50. The van der Waals surface area contributed by atoms with Crippen LogP contribution in [0, 0.1) is 11.6 Å². The van der Waals surface area contributed by atoms with Gasteiger partial charge in [-0.15, -0.1) is 0 Å². The van der Waals surface area contributed by atoms with Crippen LogP contribution in [0.3, 0.4) is 0 Å². The minimum Gasteiger partial charge on any atom is -0.340 e. The van der Waals surface area contributed by atoms with Gasteiger partial charge in [0.15, 0.2) is 0 Å². The summed E-state index contributed by atoms with van der Waals surface area (Å²) in [6, 6.07) is 7.44. The molecule has 180 valence electrons. The third kappa shape index (κ3) is 5.00. The third-order valence-corrected chi connectivity index (χ3v) is 5.75. The zero-order chi connectivity index (χ0) is 24.6. The van der Waals surface area contributed by atoms with E-state index in [1.807, 2.05) is 0 Å². The number of nitrogens with one attached hydrogen (secondary N) is 1. The predicted molar refractivity (Wildman–Crippen MR) is 116 cm³/mol. The molecule has 0 bridgehead atoms. The highest BCUT2D eigenvalue weighted by atomic mass is 35.5. The summed E-state index contributed by atoms with van der Waals surface area (Å²) in [7, 11) is 0. The Hall–Kier alpha value is -3.18. The van der Waals surface area contributed by atoms with Crippen LogP contribution >= 0.6 is 11.6 Å². The number of hydrogen-bond acceptors (Lipinski definition) is 4. The minimum absolute atomic E-state index is 0.0474. The van der Waals surface area contributed by atoms with Crippen molar-refractivity contribution in [2.24, 2.45) is 5.73 Å². The van der Waals surface area contributed by atoms with Gasteiger partial charge < -0.3 is 20.5 Å². The highest BCUT2D eigenvalue weighted by Gasteiger charge is 2.39. The molecule has 2 heterocycles. The van der Waals surface area contributed by atoms with E-state index in [-0.39, 0.29) is 24.7 Å². The number of aromatic nitrogens is 2. The standard InChI is InChI=1S/C22H19ClF5N5O/c23-15-6-5-14(9-16(15)25)30-21-20(12-1-3-13(24)4-2-12)31-18-11-32(7-8-33(18)21)19(34)10-17(29)22(26,27)28/h1-6,9,17,30H,7-8,10-11,29H2. The highest BCUT2D eigenvalue weighted by molar-refractivity contribution is 6.30. The van der Waals surface area contributed by atoms with Gasteiger partial charge in [-0.1, -0.05) is 11.6 Å². The first-order valence-corrected chi connectivity index (χ1v) is 10.6.